The molecule has 3 rings (SSSR count). The van der Waals surface area contributed by atoms with E-state index in [9.17, 15) is 4.79 Å². The Hall–Kier alpha value is -1.85. The molecule has 0 spiro atoms. The first-order chi connectivity index (χ1) is 10.9. The fourth-order valence-corrected chi connectivity index (χ4v) is 2.73. The molecule has 0 N–H and O–H groups in total. The van der Waals surface area contributed by atoms with Crippen LogP contribution in [-0.2, 0) is 4.74 Å². The summed E-state index contributed by atoms with van der Waals surface area (Å²) in [5.74, 6) is 2.50. The monoisotopic (exact) mass is 318 g/mol. The van der Waals surface area contributed by atoms with Gasteiger partial charge in [-0.3, -0.25) is 0 Å². The van der Waals surface area contributed by atoms with Crippen LogP contribution in [0.3, 0.4) is 0 Å². The minimum atomic E-state index is -0.450. The molecule has 1 aromatic rings. The van der Waals surface area contributed by atoms with Gasteiger partial charge in [-0.15, -0.1) is 0 Å². The van der Waals surface area contributed by atoms with Crippen LogP contribution in [0.25, 0.3) is 0 Å². The molecule has 23 heavy (non-hydrogen) atoms. The van der Waals surface area contributed by atoms with Crippen LogP contribution in [0.5, 0.6) is 0 Å². The number of rotatable bonds is 2. The largest absolute Gasteiger partial charge is 0.444 e. The van der Waals surface area contributed by atoms with Crippen LogP contribution in [0, 0.1) is 0 Å². The number of aromatic nitrogens is 2. The Kier molecular flexibility index (Phi) is 4.41. The van der Waals surface area contributed by atoms with Crippen molar-refractivity contribution in [3.05, 3.63) is 18.1 Å². The number of amides is 1. The zero-order valence-corrected chi connectivity index (χ0v) is 14.3. The highest BCUT2D eigenvalue weighted by Gasteiger charge is 2.28. The molecule has 1 aromatic heterocycles. The second-order valence-electron chi connectivity index (χ2n) is 7.36. The first-order valence-electron chi connectivity index (χ1n) is 8.48. The van der Waals surface area contributed by atoms with E-state index in [0.717, 1.165) is 37.7 Å². The van der Waals surface area contributed by atoms with Crippen molar-refractivity contribution in [1.82, 2.24) is 14.9 Å². The highest BCUT2D eigenvalue weighted by Crippen LogP contribution is 2.38. The lowest BCUT2D eigenvalue weighted by Gasteiger charge is -2.26. The van der Waals surface area contributed by atoms with E-state index in [4.69, 9.17) is 9.72 Å². The fraction of sp³-hybridized carbons (Fsp3) is 0.706. The lowest BCUT2D eigenvalue weighted by Crippen LogP contribution is -2.39. The summed E-state index contributed by atoms with van der Waals surface area (Å²) in [6.07, 6.45) is 4.96. The molecule has 0 atom stereocenters. The Morgan fingerprint density at radius 2 is 2.00 bits per heavy atom. The number of carbonyl (C=O) groups excluding carboxylic acids is 1. The van der Waals surface area contributed by atoms with E-state index in [0.29, 0.717) is 12.5 Å². The molecule has 1 saturated heterocycles. The Morgan fingerprint density at radius 1 is 1.22 bits per heavy atom. The number of hydrogen-bond acceptors (Lipinski definition) is 5. The van der Waals surface area contributed by atoms with Crippen LogP contribution in [0.4, 0.5) is 10.6 Å². The van der Waals surface area contributed by atoms with Gasteiger partial charge in [0.05, 0.1) is 0 Å². The molecule has 1 aliphatic heterocycles. The molecule has 2 heterocycles. The van der Waals surface area contributed by atoms with Crippen LogP contribution in [0.1, 0.15) is 51.8 Å². The molecule has 1 saturated carbocycles. The van der Waals surface area contributed by atoms with Crippen LogP contribution >= 0.6 is 0 Å². The minimum absolute atomic E-state index is 0.222. The van der Waals surface area contributed by atoms with E-state index in [1.165, 1.54) is 12.8 Å². The third-order valence-electron chi connectivity index (χ3n) is 4.07. The normalized spacial score (nSPS) is 19.4. The number of ether oxygens (including phenoxy) is 1. The maximum absolute atomic E-state index is 12.2. The molecule has 0 radical (unpaired) electrons. The Bertz CT molecular complexity index is 566. The second-order valence-corrected chi connectivity index (χ2v) is 7.36. The molecule has 0 unspecified atom stereocenters. The third kappa shape index (κ3) is 4.33. The lowest BCUT2D eigenvalue weighted by atomic mass is 10.2. The maximum Gasteiger partial charge on any atom is 0.410 e. The van der Waals surface area contributed by atoms with Gasteiger partial charge in [0, 0.05) is 38.3 Å². The van der Waals surface area contributed by atoms with Gasteiger partial charge < -0.3 is 14.5 Å². The predicted octanol–water partition coefficient (Wildman–Crippen LogP) is 2.80. The number of carbonyl (C=O) groups is 1. The van der Waals surface area contributed by atoms with Crippen molar-refractivity contribution in [3.63, 3.8) is 0 Å². The summed E-state index contributed by atoms with van der Waals surface area (Å²) in [5.41, 5.74) is -0.450. The molecule has 1 amide bonds. The summed E-state index contributed by atoms with van der Waals surface area (Å²) in [7, 11) is 0. The Morgan fingerprint density at radius 3 is 2.70 bits per heavy atom. The number of anilines is 1. The zero-order chi connectivity index (χ0) is 16.4. The number of hydrogen-bond donors (Lipinski definition) is 0. The summed E-state index contributed by atoms with van der Waals surface area (Å²) in [5, 5.41) is 0. The standard InChI is InChI=1S/C17H26N4O2/c1-17(2,3)23-16(22)21-10-4-9-20(11-12-21)14-7-8-18-15(19-14)13-5-6-13/h7-8,13H,4-6,9-12H2,1-3H3. The molecule has 0 aromatic carbocycles. The average Bonchev–Trinajstić information content (AvgIpc) is 3.32. The Balaban J connectivity index is 1.62. The molecule has 0 bridgehead atoms. The van der Waals surface area contributed by atoms with Gasteiger partial charge in [-0.2, -0.15) is 0 Å². The fourth-order valence-electron chi connectivity index (χ4n) is 2.73. The highest BCUT2D eigenvalue weighted by atomic mass is 16.6. The summed E-state index contributed by atoms with van der Waals surface area (Å²) in [4.78, 5) is 25.4. The molecule has 6 nitrogen and oxygen atoms in total. The summed E-state index contributed by atoms with van der Waals surface area (Å²) < 4.78 is 5.48. The SMILES string of the molecule is CC(C)(C)OC(=O)N1CCCN(c2ccnc(C3CC3)n2)CC1. The topological polar surface area (TPSA) is 58.6 Å². The van der Waals surface area contributed by atoms with Crippen molar-refractivity contribution < 1.29 is 9.53 Å². The Labute approximate surface area is 137 Å². The molecule has 2 fully saturated rings. The number of nitrogens with zero attached hydrogens (tertiary/aromatic N) is 4. The van der Waals surface area contributed by atoms with Crippen molar-refractivity contribution >= 4 is 11.9 Å². The van der Waals surface area contributed by atoms with Crippen LogP contribution < -0.4 is 4.90 Å². The van der Waals surface area contributed by atoms with Gasteiger partial charge in [0.1, 0.15) is 17.2 Å². The van der Waals surface area contributed by atoms with E-state index in [1.807, 2.05) is 33.0 Å². The summed E-state index contributed by atoms with van der Waals surface area (Å²) >= 11 is 0. The first-order valence-corrected chi connectivity index (χ1v) is 8.48. The summed E-state index contributed by atoms with van der Waals surface area (Å²) in [6, 6.07) is 1.97. The molecular weight excluding hydrogens is 292 g/mol. The van der Waals surface area contributed by atoms with E-state index < -0.39 is 5.60 Å². The molecule has 126 valence electrons. The van der Waals surface area contributed by atoms with Crippen molar-refractivity contribution in [2.75, 3.05) is 31.1 Å². The van der Waals surface area contributed by atoms with Gasteiger partial charge in [-0.05, 0) is 46.1 Å². The van der Waals surface area contributed by atoms with Gasteiger partial charge >= 0.3 is 6.09 Å². The third-order valence-corrected chi connectivity index (χ3v) is 4.07. The predicted molar refractivity (Wildman–Crippen MR) is 88.6 cm³/mol. The lowest BCUT2D eigenvalue weighted by molar-refractivity contribution is 0.0263. The van der Waals surface area contributed by atoms with Gasteiger partial charge in [-0.1, -0.05) is 0 Å². The van der Waals surface area contributed by atoms with Gasteiger partial charge in [-0.25, -0.2) is 14.8 Å². The van der Waals surface area contributed by atoms with Crippen LogP contribution in [0.15, 0.2) is 12.3 Å². The summed E-state index contributed by atoms with van der Waals surface area (Å²) in [6.45, 7) is 8.77. The van der Waals surface area contributed by atoms with E-state index >= 15 is 0 Å². The quantitative estimate of drug-likeness (QED) is 0.839. The minimum Gasteiger partial charge on any atom is -0.444 e. The highest BCUT2D eigenvalue weighted by molar-refractivity contribution is 5.68. The maximum atomic E-state index is 12.2. The van der Waals surface area contributed by atoms with Crippen LogP contribution in [0.2, 0.25) is 0 Å². The van der Waals surface area contributed by atoms with Crippen molar-refractivity contribution in [1.29, 1.82) is 0 Å². The molecule has 6 heteroatoms. The van der Waals surface area contributed by atoms with Crippen LogP contribution in [-0.4, -0.2) is 52.7 Å². The second kappa shape index (κ2) is 6.34. The molecular formula is C17H26N4O2. The van der Waals surface area contributed by atoms with E-state index in [-0.39, 0.29) is 6.09 Å². The first kappa shape index (κ1) is 16.0. The zero-order valence-electron chi connectivity index (χ0n) is 14.3. The smallest absolute Gasteiger partial charge is 0.410 e. The average molecular weight is 318 g/mol. The van der Waals surface area contributed by atoms with E-state index in [1.54, 1.807) is 4.90 Å². The molecule has 2 aliphatic rings. The van der Waals surface area contributed by atoms with Crippen molar-refractivity contribution in [3.8, 4) is 0 Å². The van der Waals surface area contributed by atoms with Gasteiger partial charge in [0.15, 0.2) is 0 Å². The van der Waals surface area contributed by atoms with Crippen molar-refractivity contribution in [2.24, 2.45) is 0 Å². The van der Waals surface area contributed by atoms with Gasteiger partial charge in [0.25, 0.3) is 0 Å². The van der Waals surface area contributed by atoms with E-state index in [2.05, 4.69) is 9.88 Å². The van der Waals surface area contributed by atoms with Gasteiger partial charge in [0.2, 0.25) is 0 Å². The molecule has 1 aliphatic carbocycles. The van der Waals surface area contributed by atoms with Crippen molar-refractivity contribution in [2.45, 2.75) is 51.6 Å².